The average Bonchev–Trinajstić information content (AvgIpc) is 3.28. The Kier molecular flexibility index (Phi) is 6.91. The summed E-state index contributed by atoms with van der Waals surface area (Å²) in [5.74, 6) is 0.428. The van der Waals surface area contributed by atoms with Gasteiger partial charge in [0.2, 0.25) is 16.2 Å². The van der Waals surface area contributed by atoms with Crippen LogP contribution in [0, 0.1) is 5.82 Å². The molecule has 0 unspecified atom stereocenters. The molecule has 3 aromatic rings. The zero-order valence-corrected chi connectivity index (χ0v) is 22.2. The average molecular weight is 486 g/mol. The molecule has 0 saturated heterocycles. The Morgan fingerprint density at radius 2 is 1.77 bits per heavy atom. The number of amidine groups is 1. The summed E-state index contributed by atoms with van der Waals surface area (Å²) in [5, 5.41) is 2.28. The number of aryl methyl sites for hydroxylation is 1. The summed E-state index contributed by atoms with van der Waals surface area (Å²) in [6, 6.07) is 17.3. The van der Waals surface area contributed by atoms with E-state index in [2.05, 4.69) is 63.1 Å². The number of halogens is 1. The number of aliphatic imine (C=N–C) groups is 1. The van der Waals surface area contributed by atoms with Gasteiger partial charge >= 0.3 is 0 Å². The maximum Gasteiger partial charge on any atom is 0.250 e. The van der Waals surface area contributed by atoms with Crippen LogP contribution >= 0.6 is 0 Å². The minimum absolute atomic E-state index is 0.0491. The fourth-order valence-corrected chi connectivity index (χ4v) is 5.31. The van der Waals surface area contributed by atoms with Crippen LogP contribution in [0.25, 0.3) is 10.8 Å². The maximum absolute atomic E-state index is 15.2. The monoisotopic (exact) mass is 486 g/mol. The molecule has 3 aromatic carbocycles. The molecule has 0 bridgehead atoms. The molecule has 0 N–H and O–H groups in total. The van der Waals surface area contributed by atoms with Gasteiger partial charge in [-0.25, -0.2) is 4.39 Å². The number of nitrogens with zero attached hydrogens (tertiary/aromatic N) is 2. The first-order valence-corrected chi connectivity index (χ1v) is 15.0. The predicted molar refractivity (Wildman–Crippen MR) is 145 cm³/mol. The van der Waals surface area contributed by atoms with Crippen LogP contribution in [-0.4, -0.2) is 45.8 Å². The molecule has 0 atom stereocenters. The second-order valence-corrected chi connectivity index (χ2v) is 15.3. The Balaban J connectivity index is 1.74. The van der Waals surface area contributed by atoms with E-state index >= 15 is 4.39 Å². The van der Waals surface area contributed by atoms with Crippen molar-refractivity contribution in [1.82, 2.24) is 4.90 Å². The third kappa shape index (κ3) is 5.06. The second-order valence-electron chi connectivity index (χ2n) is 10.6. The molecular weight excluding hydrogens is 454 g/mol. The van der Waals surface area contributed by atoms with Gasteiger partial charge in [0.15, 0.2) is 5.81 Å². The molecule has 0 saturated carbocycles. The van der Waals surface area contributed by atoms with E-state index in [1.54, 1.807) is 6.07 Å². The molecule has 7 heteroatoms. The first kappa shape index (κ1) is 25.2. The Hall–Kier alpha value is -2.93. The van der Waals surface area contributed by atoms with Gasteiger partial charge in [0.1, 0.15) is 17.4 Å². The highest BCUT2D eigenvalue weighted by Gasteiger charge is 2.39. The SMILES string of the molecule is [B]C(=O)N1CCN=C1c1cccc(F)c1CCc1c(O[Si](C)(C)C(C)(C)C)ccc2ccccc12. The lowest BCUT2D eigenvalue weighted by Crippen LogP contribution is -2.44. The molecule has 35 heavy (non-hydrogen) atoms. The van der Waals surface area contributed by atoms with E-state index in [4.69, 9.17) is 12.3 Å². The molecule has 0 fully saturated rings. The van der Waals surface area contributed by atoms with Crippen LogP contribution in [0.4, 0.5) is 9.18 Å². The minimum atomic E-state index is -2.09. The zero-order chi connectivity index (χ0) is 25.4. The van der Waals surface area contributed by atoms with Crippen molar-refractivity contribution >= 4 is 38.6 Å². The summed E-state index contributed by atoms with van der Waals surface area (Å²) in [5.41, 5.74) is 2.22. The van der Waals surface area contributed by atoms with Gasteiger partial charge in [0, 0.05) is 17.7 Å². The summed E-state index contributed by atoms with van der Waals surface area (Å²) < 4.78 is 21.9. The van der Waals surface area contributed by atoms with Crippen LogP contribution < -0.4 is 4.43 Å². The van der Waals surface area contributed by atoms with E-state index in [-0.39, 0.29) is 10.9 Å². The zero-order valence-electron chi connectivity index (χ0n) is 21.2. The fraction of sp³-hybridized carbons (Fsp3) is 0.357. The van der Waals surface area contributed by atoms with Crippen molar-refractivity contribution in [2.24, 2.45) is 4.99 Å². The van der Waals surface area contributed by atoms with Gasteiger partial charge in [0.05, 0.1) is 6.54 Å². The van der Waals surface area contributed by atoms with Gasteiger partial charge in [-0.1, -0.05) is 63.2 Å². The van der Waals surface area contributed by atoms with Crippen molar-refractivity contribution in [3.63, 3.8) is 0 Å². The topological polar surface area (TPSA) is 41.9 Å². The van der Waals surface area contributed by atoms with Crippen LogP contribution in [0.3, 0.4) is 0 Å². The predicted octanol–water partition coefficient (Wildman–Crippen LogP) is 6.50. The van der Waals surface area contributed by atoms with Crippen molar-refractivity contribution in [2.45, 2.75) is 51.7 Å². The van der Waals surface area contributed by atoms with E-state index in [0.717, 1.165) is 22.1 Å². The number of amides is 1. The van der Waals surface area contributed by atoms with Crippen LogP contribution in [-0.2, 0) is 12.8 Å². The van der Waals surface area contributed by atoms with E-state index in [1.807, 2.05) is 18.2 Å². The molecule has 1 amide bonds. The molecular formula is C28H32BFN2O2Si. The third-order valence-electron chi connectivity index (χ3n) is 7.26. The van der Waals surface area contributed by atoms with Crippen molar-refractivity contribution < 1.29 is 13.6 Å². The van der Waals surface area contributed by atoms with Crippen molar-refractivity contribution in [2.75, 3.05) is 13.1 Å². The second kappa shape index (κ2) is 9.61. The lowest BCUT2D eigenvalue weighted by Gasteiger charge is -2.37. The molecule has 0 aliphatic carbocycles. The molecule has 4 nitrogen and oxygen atoms in total. The Bertz CT molecular complexity index is 1300. The van der Waals surface area contributed by atoms with Crippen molar-refractivity contribution in [3.05, 3.63) is 77.1 Å². The third-order valence-corrected chi connectivity index (χ3v) is 11.6. The number of carbonyl (C=O) groups is 1. The van der Waals surface area contributed by atoms with E-state index in [9.17, 15) is 4.79 Å². The standard InChI is InChI=1S/C28H32BFN2O2Si/c1-28(2,3)35(4,5)34-25-16-13-19-9-6-7-10-20(19)22(25)15-14-21-23(11-8-12-24(21)30)26-31-17-18-32(26)27(29)33/h6-13,16H,14-15,17-18H2,1-5H3. The number of hydrogen-bond acceptors (Lipinski definition) is 3. The van der Waals surface area contributed by atoms with Gasteiger partial charge in [-0.15, -0.1) is 0 Å². The summed E-state index contributed by atoms with van der Waals surface area (Å²) >= 11 is 0. The fourth-order valence-electron chi connectivity index (χ4n) is 4.26. The molecule has 1 aliphatic rings. The van der Waals surface area contributed by atoms with E-state index in [0.29, 0.717) is 42.9 Å². The van der Waals surface area contributed by atoms with Gasteiger partial charge in [0.25, 0.3) is 0 Å². The van der Waals surface area contributed by atoms with Crippen LogP contribution in [0.5, 0.6) is 5.75 Å². The first-order chi connectivity index (χ1) is 16.5. The van der Waals surface area contributed by atoms with Gasteiger partial charge in [-0.2, -0.15) is 0 Å². The van der Waals surface area contributed by atoms with Crippen molar-refractivity contribution in [1.29, 1.82) is 0 Å². The Morgan fingerprint density at radius 3 is 2.49 bits per heavy atom. The molecule has 1 heterocycles. The lowest BCUT2D eigenvalue weighted by atomic mass is 9.94. The molecule has 0 aromatic heterocycles. The summed E-state index contributed by atoms with van der Waals surface area (Å²) in [6.45, 7) is 12.0. The largest absolute Gasteiger partial charge is 0.543 e. The Morgan fingerprint density at radius 1 is 1.06 bits per heavy atom. The minimum Gasteiger partial charge on any atom is -0.543 e. The van der Waals surface area contributed by atoms with Crippen LogP contribution in [0.1, 0.15) is 37.5 Å². The quantitative estimate of drug-likeness (QED) is 0.374. The first-order valence-electron chi connectivity index (χ1n) is 12.1. The number of rotatable bonds is 6. The number of fused-ring (bicyclic) bond motifs is 1. The van der Waals surface area contributed by atoms with Crippen molar-refractivity contribution in [3.8, 4) is 5.75 Å². The lowest BCUT2D eigenvalue weighted by molar-refractivity contribution is 0.245. The smallest absolute Gasteiger partial charge is 0.250 e. The number of hydrogen-bond donors (Lipinski definition) is 0. The van der Waals surface area contributed by atoms with Gasteiger partial charge in [-0.3, -0.25) is 9.79 Å². The van der Waals surface area contributed by atoms with Gasteiger partial charge < -0.3 is 9.33 Å². The highest BCUT2D eigenvalue weighted by molar-refractivity contribution is 6.74. The van der Waals surface area contributed by atoms with E-state index < -0.39 is 14.1 Å². The Labute approximate surface area is 209 Å². The van der Waals surface area contributed by atoms with Gasteiger partial charge in [-0.05, 0) is 59.4 Å². The summed E-state index contributed by atoms with van der Waals surface area (Å²) in [7, 11) is 3.47. The van der Waals surface area contributed by atoms with Crippen LogP contribution in [0.15, 0.2) is 59.6 Å². The highest BCUT2D eigenvalue weighted by Crippen LogP contribution is 2.40. The maximum atomic E-state index is 15.2. The summed E-state index contributed by atoms with van der Waals surface area (Å²) in [6.07, 6.45) is 1.03. The number of carbonyl (C=O) groups excluding carboxylic acids is 1. The molecule has 4 rings (SSSR count). The van der Waals surface area contributed by atoms with E-state index in [1.165, 1.54) is 11.0 Å². The highest BCUT2D eigenvalue weighted by atomic mass is 28.4. The normalized spacial score (nSPS) is 14.3. The molecule has 2 radical (unpaired) electrons. The molecule has 0 spiro atoms. The summed E-state index contributed by atoms with van der Waals surface area (Å²) in [4.78, 5) is 17.8. The van der Waals surface area contributed by atoms with Crippen LogP contribution in [0.2, 0.25) is 18.1 Å². The number of benzene rings is 3. The molecule has 1 aliphatic heterocycles. The molecule has 180 valence electrons.